The highest BCUT2D eigenvalue weighted by atomic mass is 16.6. The number of aromatic amines is 1. The molecule has 0 saturated heterocycles. The molecule has 0 radical (unpaired) electrons. The minimum atomic E-state index is -0.819. The van der Waals surface area contributed by atoms with Gasteiger partial charge >= 0.3 is 0 Å². The number of carbonyl (C=O) groups excluding carboxylic acids is 1. The molecule has 28 heavy (non-hydrogen) atoms. The number of H-pyrrole nitrogens is 1. The lowest BCUT2D eigenvalue weighted by molar-refractivity contribution is -0.130. The van der Waals surface area contributed by atoms with Gasteiger partial charge in [0, 0.05) is 5.69 Å². The maximum atomic E-state index is 12.6. The minimum Gasteiger partial charge on any atom is -0.485 e. The molecule has 1 aromatic heterocycles. The first kappa shape index (κ1) is 17.6. The lowest BCUT2D eigenvalue weighted by Gasteiger charge is -2.24. The third kappa shape index (κ3) is 3.39. The summed E-state index contributed by atoms with van der Waals surface area (Å²) in [7, 11) is 0. The zero-order chi connectivity index (χ0) is 19.5. The number of aromatic nitrogens is 2. The van der Waals surface area contributed by atoms with Crippen molar-refractivity contribution in [2.45, 2.75) is 13.0 Å². The van der Waals surface area contributed by atoms with Crippen LogP contribution < -0.4 is 20.5 Å². The van der Waals surface area contributed by atoms with Crippen LogP contribution in [0, 0.1) is 6.92 Å². The maximum absolute atomic E-state index is 12.6. The summed E-state index contributed by atoms with van der Waals surface area (Å²) >= 11 is 0. The summed E-state index contributed by atoms with van der Waals surface area (Å²) in [4.78, 5) is 24.9. The molecule has 2 N–H and O–H groups in total. The average Bonchev–Trinajstić information content (AvgIpc) is 3.02. The summed E-state index contributed by atoms with van der Waals surface area (Å²) in [6.07, 6.45) is 0.503. The number of nitrogens with one attached hydrogen (secondary N) is 2. The fraction of sp³-hybridized carbons (Fsp3) is 0.150. The van der Waals surface area contributed by atoms with Crippen LogP contribution in [0.2, 0.25) is 0 Å². The zero-order valence-electron chi connectivity index (χ0n) is 15.1. The number of hydrogen-bond acceptors (Lipinski definition) is 5. The van der Waals surface area contributed by atoms with E-state index in [9.17, 15) is 9.59 Å². The molecule has 8 heteroatoms. The van der Waals surface area contributed by atoms with Crippen LogP contribution in [0.15, 0.2) is 64.5 Å². The van der Waals surface area contributed by atoms with Crippen LogP contribution in [0.3, 0.4) is 0 Å². The van der Waals surface area contributed by atoms with Crippen LogP contribution >= 0.6 is 0 Å². The third-order valence-electron chi connectivity index (χ3n) is 4.30. The Morgan fingerprint density at radius 2 is 1.89 bits per heavy atom. The number of aryl methyl sites for hydroxylation is 1. The molecule has 2 heterocycles. The van der Waals surface area contributed by atoms with E-state index in [2.05, 4.69) is 15.6 Å². The summed E-state index contributed by atoms with van der Waals surface area (Å²) in [5, 5.41) is 6.91. The Balaban J connectivity index is 1.45. The number of carbonyl (C=O) groups is 1. The first-order valence-corrected chi connectivity index (χ1v) is 8.72. The van der Waals surface area contributed by atoms with Gasteiger partial charge in [-0.3, -0.25) is 14.7 Å². The van der Waals surface area contributed by atoms with Gasteiger partial charge < -0.3 is 9.47 Å². The third-order valence-corrected chi connectivity index (χ3v) is 4.30. The van der Waals surface area contributed by atoms with Crippen LogP contribution in [0.5, 0.6) is 11.5 Å². The Bertz CT molecular complexity index is 1090. The van der Waals surface area contributed by atoms with Crippen LogP contribution in [0.1, 0.15) is 11.3 Å². The van der Waals surface area contributed by atoms with E-state index in [-0.39, 0.29) is 12.2 Å². The largest absolute Gasteiger partial charge is 0.485 e. The summed E-state index contributed by atoms with van der Waals surface area (Å²) < 4.78 is 12.6. The van der Waals surface area contributed by atoms with Gasteiger partial charge in [-0.25, -0.2) is 10.1 Å². The van der Waals surface area contributed by atoms with E-state index in [1.165, 1.54) is 10.9 Å². The average molecular weight is 378 g/mol. The molecule has 0 saturated carbocycles. The Kier molecular flexibility index (Phi) is 4.67. The van der Waals surface area contributed by atoms with Crippen molar-refractivity contribution in [3.8, 4) is 17.2 Å². The van der Waals surface area contributed by atoms with Gasteiger partial charge in [-0.15, -0.1) is 0 Å². The summed E-state index contributed by atoms with van der Waals surface area (Å²) in [5.41, 5.74) is 3.85. The van der Waals surface area contributed by atoms with Crippen molar-refractivity contribution in [2.24, 2.45) is 5.10 Å². The van der Waals surface area contributed by atoms with Crippen LogP contribution in [-0.2, 0) is 4.79 Å². The van der Waals surface area contributed by atoms with Crippen LogP contribution in [-0.4, -0.2) is 34.6 Å². The van der Waals surface area contributed by atoms with Crippen molar-refractivity contribution in [1.82, 2.24) is 15.2 Å². The van der Waals surface area contributed by atoms with E-state index in [1.54, 1.807) is 25.1 Å². The van der Waals surface area contributed by atoms with Gasteiger partial charge in [0.2, 0.25) is 6.10 Å². The molecule has 0 aliphatic carbocycles. The molecule has 2 aromatic carbocycles. The van der Waals surface area contributed by atoms with Crippen molar-refractivity contribution in [3.05, 3.63) is 76.2 Å². The van der Waals surface area contributed by atoms with E-state index >= 15 is 0 Å². The Morgan fingerprint density at radius 3 is 2.68 bits per heavy atom. The van der Waals surface area contributed by atoms with Crippen molar-refractivity contribution >= 4 is 12.1 Å². The summed E-state index contributed by atoms with van der Waals surface area (Å²) in [5.74, 6) is 0.645. The molecule has 142 valence electrons. The van der Waals surface area contributed by atoms with E-state index in [1.807, 2.05) is 36.4 Å². The number of rotatable bonds is 4. The number of para-hydroxylation sites is 3. The van der Waals surface area contributed by atoms with Crippen LogP contribution in [0.25, 0.3) is 5.69 Å². The second-order valence-electron chi connectivity index (χ2n) is 6.23. The first-order chi connectivity index (χ1) is 13.6. The first-order valence-electron chi connectivity index (χ1n) is 8.72. The van der Waals surface area contributed by atoms with Crippen molar-refractivity contribution in [2.75, 3.05) is 6.61 Å². The Labute approximate surface area is 160 Å². The highest BCUT2D eigenvalue weighted by Crippen LogP contribution is 2.30. The molecule has 1 aliphatic heterocycles. The predicted molar refractivity (Wildman–Crippen MR) is 103 cm³/mol. The maximum Gasteiger partial charge on any atom is 0.284 e. The molecule has 0 spiro atoms. The van der Waals surface area contributed by atoms with Gasteiger partial charge in [-0.2, -0.15) is 5.10 Å². The number of benzene rings is 2. The van der Waals surface area contributed by atoms with Gasteiger partial charge in [0.05, 0.1) is 17.5 Å². The van der Waals surface area contributed by atoms with Gasteiger partial charge in [0.25, 0.3) is 11.5 Å². The normalized spacial score (nSPS) is 15.5. The molecule has 0 fully saturated rings. The molecule has 1 aliphatic rings. The number of hydrazone groups is 1. The molecule has 1 atom stereocenters. The van der Waals surface area contributed by atoms with Crippen LogP contribution in [0.4, 0.5) is 0 Å². The topological polar surface area (TPSA) is 97.7 Å². The number of amides is 1. The summed E-state index contributed by atoms with van der Waals surface area (Å²) in [6, 6.07) is 16.3. The molecule has 1 unspecified atom stereocenters. The molecule has 0 bridgehead atoms. The second-order valence-corrected chi connectivity index (χ2v) is 6.23. The highest BCUT2D eigenvalue weighted by Gasteiger charge is 2.27. The van der Waals surface area contributed by atoms with Crippen molar-refractivity contribution in [3.63, 3.8) is 0 Å². The van der Waals surface area contributed by atoms with Gasteiger partial charge in [0.1, 0.15) is 6.61 Å². The van der Waals surface area contributed by atoms with Gasteiger partial charge in [-0.1, -0.05) is 30.3 Å². The zero-order valence-corrected chi connectivity index (χ0v) is 15.1. The second kappa shape index (κ2) is 7.43. The SMILES string of the molecule is Cc1[nH]n(-c2ccccc2)c(=O)c1/C=N\NC(=O)C1COc2ccccc2O1. The van der Waals surface area contributed by atoms with E-state index in [0.29, 0.717) is 28.4 Å². The molecule has 8 nitrogen and oxygen atoms in total. The molecule has 3 aromatic rings. The number of hydrogen-bond donors (Lipinski definition) is 2. The lowest BCUT2D eigenvalue weighted by atomic mass is 10.2. The standard InChI is InChI=1S/C20H18N4O4/c1-13-15(20(26)24(23-13)14-7-3-2-4-8-14)11-21-22-19(25)18-12-27-16-9-5-6-10-17(16)28-18/h2-11,18,23H,12H2,1H3,(H,22,25)/b21-11-. The minimum absolute atomic E-state index is 0.0857. The van der Waals surface area contributed by atoms with Crippen molar-refractivity contribution in [1.29, 1.82) is 0 Å². The van der Waals surface area contributed by atoms with Gasteiger partial charge in [-0.05, 0) is 31.2 Å². The quantitative estimate of drug-likeness (QED) is 0.534. The summed E-state index contributed by atoms with van der Waals surface area (Å²) in [6.45, 7) is 1.85. The predicted octanol–water partition coefficient (Wildman–Crippen LogP) is 1.76. The molecule has 4 rings (SSSR count). The fourth-order valence-electron chi connectivity index (χ4n) is 2.85. The van der Waals surface area contributed by atoms with E-state index < -0.39 is 12.0 Å². The van der Waals surface area contributed by atoms with E-state index in [4.69, 9.17) is 9.47 Å². The highest BCUT2D eigenvalue weighted by molar-refractivity contribution is 5.85. The Hall–Kier alpha value is -3.81. The van der Waals surface area contributed by atoms with Crippen molar-refractivity contribution < 1.29 is 14.3 Å². The molecular formula is C20H18N4O4. The fourth-order valence-corrected chi connectivity index (χ4v) is 2.85. The van der Waals surface area contributed by atoms with E-state index in [0.717, 1.165) is 0 Å². The smallest absolute Gasteiger partial charge is 0.284 e. The molecule has 1 amide bonds. The Morgan fingerprint density at radius 1 is 1.18 bits per heavy atom. The lowest BCUT2D eigenvalue weighted by Crippen LogP contribution is -2.42. The monoisotopic (exact) mass is 378 g/mol. The number of nitrogens with zero attached hydrogens (tertiary/aromatic N) is 2. The number of ether oxygens (including phenoxy) is 2. The van der Waals surface area contributed by atoms with Gasteiger partial charge in [0.15, 0.2) is 11.5 Å². The molecular weight excluding hydrogens is 360 g/mol. The number of fused-ring (bicyclic) bond motifs is 1.